The molecule has 0 aliphatic rings. The molecule has 0 amide bonds. The van der Waals surface area contributed by atoms with E-state index in [1.54, 1.807) is 0 Å². The highest BCUT2D eigenvalue weighted by molar-refractivity contribution is 7.23. The van der Waals surface area contributed by atoms with Crippen LogP contribution in [-0.4, -0.2) is 30.1 Å². The highest BCUT2D eigenvalue weighted by Gasteiger charge is 2.23. The number of nitro groups is 1. The van der Waals surface area contributed by atoms with Gasteiger partial charge < -0.3 is 4.74 Å². The zero-order valence-corrected chi connectivity index (χ0v) is 16.3. The number of thiazole rings is 1. The van der Waals surface area contributed by atoms with E-state index in [-0.39, 0.29) is 35.8 Å². The van der Waals surface area contributed by atoms with E-state index in [1.165, 1.54) is 40.3 Å². The number of fused-ring (bicyclic) bond motifs is 3. The van der Waals surface area contributed by atoms with Crippen molar-refractivity contribution in [3.05, 3.63) is 67.9 Å². The molecule has 148 valence electrons. The Morgan fingerprint density at radius 1 is 1.31 bits per heavy atom. The van der Waals surface area contributed by atoms with Crippen LogP contribution in [0.3, 0.4) is 0 Å². The molecule has 3 aromatic heterocycles. The van der Waals surface area contributed by atoms with Gasteiger partial charge in [0.25, 0.3) is 5.56 Å². The number of para-hydroxylation sites is 1. The molecule has 0 spiro atoms. The summed E-state index contributed by atoms with van der Waals surface area (Å²) in [5.41, 5.74) is 1.22. The minimum Gasteiger partial charge on any atom is -0.458 e. The van der Waals surface area contributed by atoms with Crippen LogP contribution in [-0.2, 0) is 22.7 Å². The van der Waals surface area contributed by atoms with Gasteiger partial charge in [0.2, 0.25) is 0 Å². The van der Waals surface area contributed by atoms with E-state index < -0.39 is 10.9 Å². The van der Waals surface area contributed by atoms with Crippen molar-refractivity contribution in [2.45, 2.75) is 27.0 Å². The van der Waals surface area contributed by atoms with Gasteiger partial charge in [-0.3, -0.25) is 28.8 Å². The van der Waals surface area contributed by atoms with Gasteiger partial charge in [0.05, 0.1) is 20.8 Å². The quantitative estimate of drug-likeness (QED) is 0.280. The van der Waals surface area contributed by atoms with Crippen LogP contribution in [0.25, 0.3) is 15.2 Å². The first-order valence-corrected chi connectivity index (χ1v) is 9.41. The third-order valence-corrected chi connectivity index (χ3v) is 5.46. The second kappa shape index (κ2) is 7.09. The summed E-state index contributed by atoms with van der Waals surface area (Å²) >= 11 is 1.37. The number of benzene rings is 1. The molecule has 0 saturated heterocycles. The molecule has 0 atom stereocenters. The number of esters is 1. The summed E-state index contributed by atoms with van der Waals surface area (Å²) < 4.78 is 8.87. The summed E-state index contributed by atoms with van der Waals surface area (Å²) in [5, 5.41) is 15.1. The van der Waals surface area contributed by atoms with Gasteiger partial charge in [0.1, 0.15) is 24.5 Å². The Hall–Kier alpha value is -3.60. The first kappa shape index (κ1) is 18.7. The van der Waals surface area contributed by atoms with Crippen molar-refractivity contribution in [2.24, 2.45) is 0 Å². The number of aryl methyl sites for hydroxylation is 1. The maximum atomic E-state index is 12.5. The standard InChI is InChI=1S/C18H15N5O5S/c1-10-17(23(26)27)11(2)21(20-10)8-16(25)28-9-12-7-15(24)22-13-5-3-4-6-14(13)29-18(22)19-12/h3-7H,8-9H2,1-2H3. The van der Waals surface area contributed by atoms with Crippen LogP contribution in [0.4, 0.5) is 5.69 Å². The lowest BCUT2D eigenvalue weighted by Crippen LogP contribution is -2.18. The lowest BCUT2D eigenvalue weighted by Gasteiger charge is -2.06. The number of hydrogen-bond donors (Lipinski definition) is 0. The average molecular weight is 413 g/mol. The number of rotatable bonds is 5. The molecule has 0 radical (unpaired) electrons. The smallest absolute Gasteiger partial charge is 0.328 e. The maximum Gasteiger partial charge on any atom is 0.328 e. The number of hydrogen-bond acceptors (Lipinski definition) is 8. The largest absolute Gasteiger partial charge is 0.458 e. The van der Waals surface area contributed by atoms with Crippen molar-refractivity contribution in [2.75, 3.05) is 0 Å². The van der Waals surface area contributed by atoms with Gasteiger partial charge in [-0.2, -0.15) is 5.10 Å². The molecule has 10 nitrogen and oxygen atoms in total. The first-order valence-electron chi connectivity index (χ1n) is 8.59. The molecule has 0 fully saturated rings. The van der Waals surface area contributed by atoms with Gasteiger partial charge >= 0.3 is 11.7 Å². The van der Waals surface area contributed by atoms with Gasteiger partial charge in [-0.05, 0) is 26.0 Å². The van der Waals surface area contributed by atoms with Crippen LogP contribution in [0, 0.1) is 24.0 Å². The Balaban J connectivity index is 1.52. The minimum atomic E-state index is -0.635. The van der Waals surface area contributed by atoms with E-state index in [4.69, 9.17) is 4.74 Å². The monoisotopic (exact) mass is 413 g/mol. The fourth-order valence-electron chi connectivity index (χ4n) is 3.13. The summed E-state index contributed by atoms with van der Waals surface area (Å²) in [7, 11) is 0. The van der Waals surface area contributed by atoms with E-state index in [0.717, 1.165) is 10.2 Å². The Morgan fingerprint density at radius 3 is 2.79 bits per heavy atom. The number of ether oxygens (including phenoxy) is 1. The Bertz CT molecular complexity index is 1340. The molecule has 11 heteroatoms. The zero-order valence-electron chi connectivity index (χ0n) is 15.5. The molecule has 4 aromatic rings. The molecule has 0 saturated carbocycles. The first-order chi connectivity index (χ1) is 13.8. The predicted octanol–water partition coefficient (Wildman–Crippen LogP) is 2.37. The van der Waals surface area contributed by atoms with Crippen LogP contribution in [0.15, 0.2) is 35.1 Å². The van der Waals surface area contributed by atoms with Gasteiger partial charge in [-0.1, -0.05) is 23.5 Å². The van der Waals surface area contributed by atoms with Crippen LogP contribution < -0.4 is 5.56 Å². The second-order valence-electron chi connectivity index (χ2n) is 6.37. The van der Waals surface area contributed by atoms with E-state index >= 15 is 0 Å². The molecule has 3 heterocycles. The molecule has 0 aliphatic heterocycles. The van der Waals surface area contributed by atoms with Crippen LogP contribution >= 0.6 is 11.3 Å². The van der Waals surface area contributed by atoms with Crippen LogP contribution in [0.1, 0.15) is 17.1 Å². The Labute approximate surface area is 167 Å². The summed E-state index contributed by atoms with van der Waals surface area (Å²) in [6.07, 6.45) is 0. The maximum absolute atomic E-state index is 12.5. The average Bonchev–Trinajstić information content (AvgIpc) is 3.17. The van der Waals surface area contributed by atoms with Crippen molar-refractivity contribution < 1.29 is 14.5 Å². The van der Waals surface area contributed by atoms with Crippen molar-refractivity contribution >= 4 is 38.2 Å². The minimum absolute atomic E-state index is 0.122. The highest BCUT2D eigenvalue weighted by atomic mass is 32.1. The molecule has 29 heavy (non-hydrogen) atoms. The summed E-state index contributed by atoms with van der Waals surface area (Å²) in [6.45, 7) is 2.57. The van der Waals surface area contributed by atoms with E-state index in [1.807, 2.05) is 24.3 Å². The highest BCUT2D eigenvalue weighted by Crippen LogP contribution is 2.24. The Kier molecular flexibility index (Phi) is 4.59. The number of nitrogens with zero attached hydrogens (tertiary/aromatic N) is 5. The molecule has 0 N–H and O–H groups in total. The molecular formula is C18H15N5O5S. The van der Waals surface area contributed by atoms with E-state index in [9.17, 15) is 19.7 Å². The van der Waals surface area contributed by atoms with Crippen LogP contribution in [0.5, 0.6) is 0 Å². The lowest BCUT2D eigenvalue weighted by atomic mass is 10.3. The van der Waals surface area contributed by atoms with Gasteiger partial charge in [-0.25, -0.2) is 4.98 Å². The number of carbonyl (C=O) groups excluding carboxylic acids is 1. The Morgan fingerprint density at radius 2 is 2.07 bits per heavy atom. The van der Waals surface area contributed by atoms with Crippen molar-refractivity contribution in [3.63, 3.8) is 0 Å². The summed E-state index contributed by atoms with van der Waals surface area (Å²) in [6, 6.07) is 8.80. The fraction of sp³-hybridized carbons (Fsp3) is 0.222. The van der Waals surface area contributed by atoms with Crippen molar-refractivity contribution in [1.29, 1.82) is 0 Å². The van der Waals surface area contributed by atoms with Gasteiger partial charge in [-0.15, -0.1) is 0 Å². The number of carbonyl (C=O) groups is 1. The SMILES string of the molecule is Cc1nn(CC(=O)OCc2cc(=O)n3c(n2)sc2ccccc23)c(C)c1[N+](=O)[O-]. The third kappa shape index (κ3) is 3.36. The van der Waals surface area contributed by atoms with E-state index in [2.05, 4.69) is 10.1 Å². The molecule has 4 rings (SSSR count). The molecule has 0 unspecified atom stereocenters. The van der Waals surface area contributed by atoms with Gasteiger partial charge in [0.15, 0.2) is 4.96 Å². The fourth-order valence-corrected chi connectivity index (χ4v) is 4.17. The molecular weight excluding hydrogens is 398 g/mol. The summed E-state index contributed by atoms with van der Waals surface area (Å²) in [4.78, 5) is 40.1. The predicted molar refractivity (Wildman–Crippen MR) is 105 cm³/mol. The third-order valence-electron chi connectivity index (χ3n) is 4.43. The van der Waals surface area contributed by atoms with Crippen molar-refractivity contribution in [3.8, 4) is 0 Å². The molecule has 0 aliphatic carbocycles. The zero-order chi connectivity index (χ0) is 20.7. The topological polar surface area (TPSA) is 122 Å². The molecule has 1 aromatic carbocycles. The van der Waals surface area contributed by atoms with Crippen molar-refractivity contribution in [1.82, 2.24) is 19.2 Å². The van der Waals surface area contributed by atoms with E-state index in [0.29, 0.717) is 10.7 Å². The van der Waals surface area contributed by atoms with Gasteiger partial charge in [0, 0.05) is 6.07 Å². The summed E-state index contributed by atoms with van der Waals surface area (Å²) in [5.74, 6) is -0.635. The second-order valence-corrected chi connectivity index (χ2v) is 7.38. The normalized spacial score (nSPS) is 11.2. The number of aromatic nitrogens is 4. The van der Waals surface area contributed by atoms with Crippen LogP contribution in [0.2, 0.25) is 0 Å². The molecule has 0 bridgehead atoms. The lowest BCUT2D eigenvalue weighted by molar-refractivity contribution is -0.386.